The number of nitrogen functional groups attached to an aromatic ring is 2. The number of ether oxygens (including phenoxy) is 1. The molecule has 6 heterocycles. The molecule has 2 bridgehead atoms. The lowest BCUT2D eigenvalue weighted by molar-refractivity contribution is 0.0556. The molecule has 1 aromatic carbocycles. The van der Waals surface area contributed by atoms with E-state index in [0.29, 0.717) is 46.6 Å². The number of fused-ring (bicyclic) bond motifs is 3. The van der Waals surface area contributed by atoms with Gasteiger partial charge in [0, 0.05) is 40.9 Å². The maximum Gasteiger partial charge on any atom is 0.292 e. The highest BCUT2D eigenvalue weighted by Crippen LogP contribution is 2.45. The zero-order valence-electron chi connectivity index (χ0n) is 24.0. The number of anilines is 2. The molecular formula is C30H29FN10O3. The topological polar surface area (TPSA) is 183 Å². The molecule has 0 spiro atoms. The van der Waals surface area contributed by atoms with Gasteiger partial charge in [-0.3, -0.25) is 14.6 Å². The third-order valence-electron chi connectivity index (χ3n) is 8.65. The summed E-state index contributed by atoms with van der Waals surface area (Å²) in [5, 5.41) is 12.1. The SMILES string of the molecule is COc1ccc(-c2ccc(-c3cnn4c(N)c(C(C)=O)c([C@@H]5C[C@H]6CC[C@@H](C5)N6C(=O)c5nnc(N)[nH]5)nc34)cn2)cc1F. The second-order valence-corrected chi connectivity index (χ2v) is 11.2. The van der Waals surface area contributed by atoms with Gasteiger partial charge in [-0.15, -0.1) is 10.2 Å². The summed E-state index contributed by atoms with van der Waals surface area (Å²) in [7, 11) is 1.42. The number of nitrogens with two attached hydrogens (primary N) is 2. The number of carbonyl (C=O) groups excluding carboxylic acids is 2. The van der Waals surface area contributed by atoms with Crippen LogP contribution in [0.25, 0.3) is 28.0 Å². The fraction of sp³-hybridized carbons (Fsp3) is 0.300. The Morgan fingerprint density at radius 3 is 2.41 bits per heavy atom. The minimum absolute atomic E-state index is 0.0550. The van der Waals surface area contributed by atoms with Crippen molar-refractivity contribution >= 4 is 29.1 Å². The van der Waals surface area contributed by atoms with Gasteiger partial charge in [0.05, 0.1) is 30.3 Å². The zero-order valence-corrected chi connectivity index (χ0v) is 24.0. The predicted octanol–water partition coefficient (Wildman–Crippen LogP) is 3.64. The van der Waals surface area contributed by atoms with Crippen LogP contribution < -0.4 is 16.2 Å². The van der Waals surface area contributed by atoms with E-state index in [-0.39, 0.29) is 53.0 Å². The molecule has 0 radical (unpaired) electrons. The van der Waals surface area contributed by atoms with Crippen LogP contribution in [0.3, 0.4) is 0 Å². The molecule has 2 aliphatic rings. The standard InChI is InChI=1S/C30H29FN10O3/c1-14(42)24-25(17-9-18-5-6-19(10-17)40(18)29(43)27-37-30(33)39-38-27)36-28-20(13-35-41(28)26(24)32)16-3-7-22(34-12-16)15-4-8-23(44-2)21(31)11-15/h3-4,7-8,11-13,17-19H,5-6,9-10,32H2,1-2H3,(H3,33,37,38,39)/t17-,18-,19+. The van der Waals surface area contributed by atoms with E-state index in [1.807, 2.05) is 11.0 Å². The molecule has 7 rings (SSSR count). The number of rotatable bonds is 6. The molecule has 2 saturated heterocycles. The van der Waals surface area contributed by atoms with Crippen molar-refractivity contribution in [1.29, 1.82) is 0 Å². The van der Waals surface area contributed by atoms with Crippen LogP contribution in [-0.4, -0.2) is 70.5 Å². The first-order valence-electron chi connectivity index (χ1n) is 14.2. The quantitative estimate of drug-likeness (QED) is 0.245. The van der Waals surface area contributed by atoms with Crippen molar-refractivity contribution in [3.8, 4) is 28.1 Å². The summed E-state index contributed by atoms with van der Waals surface area (Å²) in [6.07, 6.45) is 6.21. The van der Waals surface area contributed by atoms with Crippen molar-refractivity contribution in [1.82, 2.24) is 39.7 Å². The van der Waals surface area contributed by atoms with E-state index in [4.69, 9.17) is 21.2 Å². The van der Waals surface area contributed by atoms with Gasteiger partial charge < -0.3 is 26.1 Å². The summed E-state index contributed by atoms with van der Waals surface area (Å²) in [5.41, 5.74) is 16.3. The van der Waals surface area contributed by atoms with Crippen LogP contribution in [0.4, 0.5) is 16.2 Å². The molecule has 0 saturated carbocycles. The molecule has 5 N–H and O–H groups in total. The Hall–Kier alpha value is -5.40. The van der Waals surface area contributed by atoms with Gasteiger partial charge in [-0.1, -0.05) is 6.07 Å². The highest BCUT2D eigenvalue weighted by Gasteiger charge is 2.46. The second-order valence-electron chi connectivity index (χ2n) is 11.2. The van der Waals surface area contributed by atoms with Crippen LogP contribution in [0.1, 0.15) is 65.2 Å². The summed E-state index contributed by atoms with van der Waals surface area (Å²) in [6.45, 7) is 1.47. The Kier molecular flexibility index (Phi) is 6.48. The van der Waals surface area contributed by atoms with E-state index < -0.39 is 5.82 Å². The second kappa shape index (κ2) is 10.4. The highest BCUT2D eigenvalue weighted by atomic mass is 19.1. The number of nitrogens with one attached hydrogen (secondary N) is 1. The van der Waals surface area contributed by atoms with Crippen molar-refractivity contribution in [2.75, 3.05) is 18.6 Å². The number of pyridine rings is 1. The number of methoxy groups -OCH3 is 1. The number of aromatic nitrogens is 7. The molecule has 4 aromatic heterocycles. The van der Waals surface area contributed by atoms with Gasteiger partial charge in [-0.25, -0.2) is 9.37 Å². The van der Waals surface area contributed by atoms with Crippen LogP contribution in [-0.2, 0) is 0 Å². The van der Waals surface area contributed by atoms with Crippen molar-refractivity contribution < 1.29 is 18.7 Å². The van der Waals surface area contributed by atoms with Gasteiger partial charge in [-0.05, 0) is 56.9 Å². The summed E-state index contributed by atoms with van der Waals surface area (Å²) in [4.78, 5) is 40.3. The molecule has 2 aliphatic heterocycles. The van der Waals surface area contributed by atoms with Crippen molar-refractivity contribution in [2.24, 2.45) is 0 Å². The fourth-order valence-corrected chi connectivity index (χ4v) is 6.67. The lowest BCUT2D eigenvalue weighted by Gasteiger charge is -2.38. The van der Waals surface area contributed by atoms with E-state index in [0.717, 1.165) is 18.4 Å². The number of amides is 1. The number of Topliss-reactive ketones (excluding diaryl/α,β-unsaturated/α-hetero) is 1. The number of carbonyl (C=O) groups is 2. The molecule has 5 aromatic rings. The van der Waals surface area contributed by atoms with Crippen molar-refractivity contribution in [3.63, 3.8) is 0 Å². The number of hydrogen-bond acceptors (Lipinski definition) is 10. The molecule has 44 heavy (non-hydrogen) atoms. The molecule has 0 unspecified atom stereocenters. The van der Waals surface area contributed by atoms with E-state index in [9.17, 15) is 14.0 Å². The average molecular weight is 597 g/mol. The molecule has 14 heteroatoms. The first-order chi connectivity index (χ1) is 21.2. The van der Waals surface area contributed by atoms with Crippen LogP contribution >= 0.6 is 0 Å². The van der Waals surface area contributed by atoms with E-state index in [1.165, 1.54) is 24.6 Å². The lowest BCUT2D eigenvalue weighted by atomic mass is 9.85. The van der Waals surface area contributed by atoms with Gasteiger partial charge in [0.15, 0.2) is 23.0 Å². The number of halogens is 1. The Balaban J connectivity index is 1.23. The maximum absolute atomic E-state index is 14.3. The van der Waals surface area contributed by atoms with Crippen molar-refractivity contribution in [3.05, 3.63) is 65.6 Å². The normalized spacial score (nSPS) is 19.4. The fourth-order valence-electron chi connectivity index (χ4n) is 6.67. The highest BCUT2D eigenvalue weighted by molar-refractivity contribution is 6.00. The maximum atomic E-state index is 14.3. The summed E-state index contributed by atoms with van der Waals surface area (Å²) >= 11 is 0. The molecule has 13 nitrogen and oxygen atoms in total. The van der Waals surface area contributed by atoms with Gasteiger partial charge in [0.2, 0.25) is 11.8 Å². The minimum Gasteiger partial charge on any atom is -0.494 e. The van der Waals surface area contributed by atoms with Gasteiger partial charge in [0.1, 0.15) is 5.82 Å². The minimum atomic E-state index is -0.474. The first-order valence-corrected chi connectivity index (χ1v) is 14.2. The Bertz CT molecular complexity index is 1920. The largest absolute Gasteiger partial charge is 0.494 e. The van der Waals surface area contributed by atoms with Crippen LogP contribution in [0.15, 0.2) is 42.7 Å². The van der Waals surface area contributed by atoms with Gasteiger partial charge in [0.25, 0.3) is 5.91 Å². The third-order valence-corrected chi connectivity index (χ3v) is 8.65. The number of H-pyrrole nitrogens is 1. The molecule has 3 atom stereocenters. The number of hydrogen-bond donors (Lipinski definition) is 3. The van der Waals surface area contributed by atoms with Gasteiger partial charge in [-0.2, -0.15) is 9.61 Å². The monoisotopic (exact) mass is 596 g/mol. The van der Waals surface area contributed by atoms with E-state index in [2.05, 4.69) is 25.3 Å². The van der Waals surface area contributed by atoms with E-state index in [1.54, 1.807) is 30.6 Å². The number of nitrogens with zero attached hydrogens (tertiary/aromatic N) is 7. The molecule has 1 amide bonds. The van der Waals surface area contributed by atoms with Crippen LogP contribution in [0.2, 0.25) is 0 Å². The predicted molar refractivity (Wildman–Crippen MR) is 158 cm³/mol. The van der Waals surface area contributed by atoms with Crippen LogP contribution in [0, 0.1) is 5.82 Å². The Morgan fingerprint density at radius 1 is 1.05 bits per heavy atom. The Morgan fingerprint density at radius 2 is 1.80 bits per heavy atom. The number of piperidine rings is 1. The number of aromatic amines is 1. The molecule has 0 aliphatic carbocycles. The molecule has 224 valence electrons. The molecular weight excluding hydrogens is 567 g/mol. The Labute approximate surface area is 250 Å². The smallest absolute Gasteiger partial charge is 0.292 e. The van der Waals surface area contributed by atoms with Gasteiger partial charge >= 0.3 is 0 Å². The first kappa shape index (κ1) is 27.4. The van der Waals surface area contributed by atoms with Crippen LogP contribution in [0.5, 0.6) is 5.75 Å². The number of benzene rings is 1. The van der Waals surface area contributed by atoms with Crippen molar-refractivity contribution in [2.45, 2.75) is 50.6 Å². The summed E-state index contributed by atoms with van der Waals surface area (Å²) in [6, 6.07) is 8.22. The lowest BCUT2D eigenvalue weighted by Crippen LogP contribution is -2.46. The van der Waals surface area contributed by atoms with E-state index >= 15 is 0 Å². The third kappa shape index (κ3) is 4.41. The zero-order chi connectivity index (χ0) is 30.7. The molecule has 2 fully saturated rings. The summed E-state index contributed by atoms with van der Waals surface area (Å²) in [5.74, 6) is -0.436. The average Bonchev–Trinajstić information content (AvgIpc) is 3.72. The number of ketones is 1. The summed E-state index contributed by atoms with van der Waals surface area (Å²) < 4.78 is 20.8.